The van der Waals surface area contributed by atoms with Gasteiger partial charge in [0.05, 0.1) is 6.10 Å². The largest absolute Gasteiger partial charge is 0.472 e. The van der Waals surface area contributed by atoms with Crippen LogP contribution < -0.4 is 0 Å². The third-order valence-corrected chi connectivity index (χ3v) is 3.08. The summed E-state index contributed by atoms with van der Waals surface area (Å²) in [7, 11) is 1.67. The molecule has 0 aromatic heterocycles. The van der Waals surface area contributed by atoms with Gasteiger partial charge in [-0.1, -0.05) is 0 Å². The number of rotatable bonds is 2. The second kappa shape index (κ2) is 4.72. The van der Waals surface area contributed by atoms with Crippen molar-refractivity contribution in [2.24, 2.45) is 10.9 Å². The van der Waals surface area contributed by atoms with E-state index in [4.69, 9.17) is 14.2 Å². The monoisotopic (exact) mass is 227 g/mol. The number of ether oxygens (including phenoxy) is 3. The van der Waals surface area contributed by atoms with E-state index in [0.717, 1.165) is 18.7 Å². The molecule has 0 aromatic carbocycles. The van der Waals surface area contributed by atoms with Crippen LogP contribution in [0.3, 0.4) is 0 Å². The molecule has 0 aromatic rings. The molecule has 92 valence electrons. The van der Waals surface area contributed by atoms with Gasteiger partial charge in [0.1, 0.15) is 0 Å². The van der Waals surface area contributed by atoms with Gasteiger partial charge in [0.15, 0.2) is 18.3 Å². The summed E-state index contributed by atoms with van der Waals surface area (Å²) < 4.78 is 16.9. The van der Waals surface area contributed by atoms with Gasteiger partial charge in [0, 0.05) is 25.5 Å². The Hall–Kier alpha value is -0.610. The maximum atomic E-state index is 5.83. The molecule has 4 atom stereocenters. The molecular weight excluding hydrogens is 206 g/mol. The molecule has 2 saturated heterocycles. The van der Waals surface area contributed by atoms with Gasteiger partial charge in [-0.25, -0.2) is 0 Å². The van der Waals surface area contributed by atoms with E-state index in [1.165, 1.54) is 0 Å². The zero-order chi connectivity index (χ0) is 11.7. The van der Waals surface area contributed by atoms with E-state index >= 15 is 0 Å². The first-order chi connectivity index (χ1) is 7.60. The zero-order valence-electron chi connectivity index (χ0n) is 10.5. The van der Waals surface area contributed by atoms with Crippen LogP contribution in [0.15, 0.2) is 4.99 Å². The molecule has 0 N–H and O–H groups in total. The SMILES string of the molecule is CO[C@@H]1O[C@H](C)C[C@@H]2CC(=NC(C)C)O[C@H]21. The average Bonchev–Trinajstić information content (AvgIpc) is 2.57. The minimum Gasteiger partial charge on any atom is -0.472 e. The number of hydrogen-bond acceptors (Lipinski definition) is 4. The zero-order valence-corrected chi connectivity index (χ0v) is 10.5. The van der Waals surface area contributed by atoms with E-state index in [-0.39, 0.29) is 24.5 Å². The second-order valence-electron chi connectivity index (χ2n) is 4.95. The Labute approximate surface area is 97.0 Å². The lowest BCUT2D eigenvalue weighted by Crippen LogP contribution is -2.43. The summed E-state index contributed by atoms with van der Waals surface area (Å²) in [6.07, 6.45) is 1.98. The highest BCUT2D eigenvalue weighted by atomic mass is 16.7. The van der Waals surface area contributed by atoms with Crippen molar-refractivity contribution >= 4 is 5.90 Å². The molecule has 2 aliphatic heterocycles. The average molecular weight is 227 g/mol. The highest BCUT2D eigenvalue weighted by molar-refractivity contribution is 5.78. The molecule has 2 fully saturated rings. The van der Waals surface area contributed by atoms with Gasteiger partial charge >= 0.3 is 0 Å². The fraction of sp³-hybridized carbons (Fsp3) is 0.917. The summed E-state index contributed by atoms with van der Waals surface area (Å²) in [5.74, 6) is 1.36. The molecule has 4 nitrogen and oxygen atoms in total. The first-order valence-corrected chi connectivity index (χ1v) is 6.01. The number of hydrogen-bond donors (Lipinski definition) is 0. The minimum absolute atomic E-state index is 0.0266. The standard InChI is InChI=1S/C12H21NO3/c1-7(2)13-10-6-9-5-8(3)15-12(14-4)11(9)16-10/h7-9,11-12H,5-6H2,1-4H3/t8-,9-,11-,12-/m1/s1. The van der Waals surface area contributed by atoms with E-state index in [1.807, 2.05) is 0 Å². The highest BCUT2D eigenvalue weighted by Crippen LogP contribution is 2.36. The molecule has 2 aliphatic rings. The predicted molar refractivity (Wildman–Crippen MR) is 61.5 cm³/mol. The van der Waals surface area contributed by atoms with E-state index < -0.39 is 0 Å². The third kappa shape index (κ3) is 2.38. The number of aliphatic imine (C=N–C) groups is 1. The lowest BCUT2D eigenvalue weighted by atomic mass is 9.92. The van der Waals surface area contributed by atoms with Crippen LogP contribution in [-0.2, 0) is 14.2 Å². The van der Waals surface area contributed by atoms with Crippen LogP contribution in [0.1, 0.15) is 33.6 Å². The van der Waals surface area contributed by atoms with E-state index in [0.29, 0.717) is 5.92 Å². The molecule has 2 rings (SSSR count). The van der Waals surface area contributed by atoms with Crippen molar-refractivity contribution in [2.45, 2.75) is 58.2 Å². The van der Waals surface area contributed by atoms with Gasteiger partial charge in [0.2, 0.25) is 0 Å². The molecular formula is C12H21NO3. The van der Waals surface area contributed by atoms with Crippen LogP contribution >= 0.6 is 0 Å². The van der Waals surface area contributed by atoms with Crippen LogP contribution in [0.5, 0.6) is 0 Å². The second-order valence-corrected chi connectivity index (χ2v) is 4.95. The van der Waals surface area contributed by atoms with Gasteiger partial charge in [-0.05, 0) is 27.2 Å². The predicted octanol–water partition coefficient (Wildman–Crippen LogP) is 1.98. The maximum absolute atomic E-state index is 5.83. The summed E-state index contributed by atoms with van der Waals surface area (Å²) in [5.41, 5.74) is 0. The number of nitrogens with zero attached hydrogens (tertiary/aromatic N) is 1. The Morgan fingerprint density at radius 3 is 2.81 bits per heavy atom. The first kappa shape index (κ1) is 11.9. The Bertz CT molecular complexity index is 277. The lowest BCUT2D eigenvalue weighted by Gasteiger charge is -2.34. The molecule has 0 saturated carbocycles. The summed E-state index contributed by atoms with van der Waals surface area (Å²) in [5, 5.41) is 0. The molecule has 4 heteroatoms. The van der Waals surface area contributed by atoms with Crippen molar-refractivity contribution < 1.29 is 14.2 Å². The topological polar surface area (TPSA) is 40.0 Å². The summed E-state index contributed by atoms with van der Waals surface area (Å²) >= 11 is 0. The number of methoxy groups -OCH3 is 1. The number of fused-ring (bicyclic) bond motifs is 1. The van der Waals surface area contributed by atoms with Crippen LogP contribution in [-0.4, -0.2) is 37.5 Å². The molecule has 0 bridgehead atoms. The summed E-state index contributed by atoms with van der Waals surface area (Å²) in [4.78, 5) is 4.48. The van der Waals surface area contributed by atoms with Crippen LogP contribution in [0.4, 0.5) is 0 Å². The van der Waals surface area contributed by atoms with Gasteiger partial charge in [-0.3, -0.25) is 4.99 Å². The smallest absolute Gasteiger partial charge is 0.194 e. The Morgan fingerprint density at radius 1 is 1.44 bits per heavy atom. The molecule has 16 heavy (non-hydrogen) atoms. The van der Waals surface area contributed by atoms with Crippen molar-refractivity contribution in [2.75, 3.05) is 7.11 Å². The fourth-order valence-electron chi connectivity index (χ4n) is 2.49. The molecule has 2 heterocycles. The van der Waals surface area contributed by atoms with Crippen molar-refractivity contribution in [3.05, 3.63) is 0 Å². The van der Waals surface area contributed by atoms with E-state index in [1.54, 1.807) is 7.11 Å². The van der Waals surface area contributed by atoms with Gasteiger partial charge in [-0.15, -0.1) is 0 Å². The Balaban J connectivity index is 2.07. The minimum atomic E-state index is -0.242. The fourth-order valence-corrected chi connectivity index (χ4v) is 2.49. The Morgan fingerprint density at radius 2 is 2.19 bits per heavy atom. The molecule has 0 spiro atoms. The van der Waals surface area contributed by atoms with Gasteiger partial charge in [-0.2, -0.15) is 0 Å². The maximum Gasteiger partial charge on any atom is 0.194 e. The van der Waals surface area contributed by atoms with Crippen molar-refractivity contribution in [3.8, 4) is 0 Å². The van der Waals surface area contributed by atoms with E-state index in [9.17, 15) is 0 Å². The van der Waals surface area contributed by atoms with Gasteiger partial charge < -0.3 is 14.2 Å². The third-order valence-electron chi connectivity index (χ3n) is 3.08. The summed E-state index contributed by atoms with van der Waals surface area (Å²) in [6.45, 7) is 6.20. The van der Waals surface area contributed by atoms with Gasteiger partial charge in [0.25, 0.3) is 0 Å². The van der Waals surface area contributed by atoms with E-state index in [2.05, 4.69) is 25.8 Å². The van der Waals surface area contributed by atoms with Crippen LogP contribution in [0.2, 0.25) is 0 Å². The normalized spacial score (nSPS) is 41.2. The summed E-state index contributed by atoms with van der Waals surface area (Å²) in [6, 6.07) is 0.287. The quantitative estimate of drug-likeness (QED) is 0.724. The van der Waals surface area contributed by atoms with Crippen molar-refractivity contribution in [3.63, 3.8) is 0 Å². The first-order valence-electron chi connectivity index (χ1n) is 6.01. The molecule has 0 aliphatic carbocycles. The van der Waals surface area contributed by atoms with Crippen LogP contribution in [0.25, 0.3) is 0 Å². The lowest BCUT2D eigenvalue weighted by molar-refractivity contribution is -0.229. The van der Waals surface area contributed by atoms with Crippen molar-refractivity contribution in [1.29, 1.82) is 0 Å². The molecule has 0 unspecified atom stereocenters. The highest BCUT2D eigenvalue weighted by Gasteiger charge is 2.44. The molecule has 0 amide bonds. The Kier molecular flexibility index (Phi) is 3.50. The molecule has 0 radical (unpaired) electrons. The van der Waals surface area contributed by atoms with Crippen LogP contribution in [0, 0.1) is 5.92 Å². The van der Waals surface area contributed by atoms with Crippen molar-refractivity contribution in [1.82, 2.24) is 0 Å².